The zero-order valence-corrected chi connectivity index (χ0v) is 27.2. The van der Waals surface area contributed by atoms with Crippen LogP contribution >= 0.6 is 11.8 Å². The molecule has 0 radical (unpaired) electrons. The number of hydrogen-bond acceptors (Lipinski definition) is 10. The first kappa shape index (κ1) is 35.8. The summed E-state index contributed by atoms with van der Waals surface area (Å²) in [5.41, 5.74) is 0.755. The van der Waals surface area contributed by atoms with Crippen LogP contribution in [0.5, 0.6) is 11.5 Å². The number of aromatic hydroxyl groups is 1. The van der Waals surface area contributed by atoms with Gasteiger partial charge in [-0.25, -0.2) is 9.59 Å². The van der Waals surface area contributed by atoms with Crippen LogP contribution in [0.1, 0.15) is 88.2 Å². The smallest absolute Gasteiger partial charge is 0.371 e. The molecule has 0 aliphatic carbocycles. The Bertz CT molecular complexity index is 1900. The van der Waals surface area contributed by atoms with Crippen LogP contribution in [0.25, 0.3) is 11.0 Å². The Morgan fingerprint density at radius 3 is 2.46 bits per heavy atom. The summed E-state index contributed by atoms with van der Waals surface area (Å²) in [5, 5.41) is 39.8. The number of aromatic carboxylic acids is 2. The van der Waals surface area contributed by atoms with Crippen molar-refractivity contribution in [3.8, 4) is 11.5 Å². The van der Waals surface area contributed by atoms with Gasteiger partial charge in [-0.15, -0.1) is 11.8 Å². The van der Waals surface area contributed by atoms with E-state index in [0.717, 1.165) is 31.7 Å². The average molecular weight is 677 g/mol. The molecule has 11 nitrogen and oxygen atoms in total. The van der Waals surface area contributed by atoms with Crippen molar-refractivity contribution in [3.63, 3.8) is 0 Å². The highest BCUT2D eigenvalue weighted by Gasteiger charge is 2.24. The predicted molar refractivity (Wildman–Crippen MR) is 179 cm³/mol. The number of aliphatic hydroxyl groups is 1. The van der Waals surface area contributed by atoms with Crippen LogP contribution in [0.2, 0.25) is 0 Å². The summed E-state index contributed by atoms with van der Waals surface area (Å²) in [6, 6.07) is 10.1. The van der Waals surface area contributed by atoms with Gasteiger partial charge in [-0.2, -0.15) is 0 Å². The Labute approximate surface area is 280 Å². The number of rotatable bonds is 17. The first-order valence-corrected chi connectivity index (χ1v) is 16.2. The Kier molecular flexibility index (Phi) is 12.4. The third-order valence-electron chi connectivity index (χ3n) is 7.36. The molecule has 0 aliphatic heterocycles. The van der Waals surface area contributed by atoms with Crippen LogP contribution in [0.3, 0.4) is 0 Å². The van der Waals surface area contributed by atoms with Gasteiger partial charge in [-0.3, -0.25) is 9.59 Å². The van der Waals surface area contributed by atoms with Gasteiger partial charge in [0.2, 0.25) is 11.5 Å². The van der Waals surface area contributed by atoms with Crippen LogP contribution in [-0.4, -0.2) is 50.0 Å². The number of benzene rings is 2. The zero-order chi connectivity index (χ0) is 34.8. The molecule has 0 unspecified atom stereocenters. The molecule has 0 saturated carbocycles. The van der Waals surface area contributed by atoms with Gasteiger partial charge >= 0.3 is 11.9 Å². The lowest BCUT2D eigenvalue weighted by molar-refractivity contribution is 0.0653. The summed E-state index contributed by atoms with van der Waals surface area (Å²) in [7, 11) is 0. The first-order chi connectivity index (χ1) is 23.0. The number of carboxylic acid groups (broad SMARTS) is 2. The monoisotopic (exact) mass is 676 g/mol. The van der Waals surface area contributed by atoms with Crippen LogP contribution in [0, 0.1) is 0 Å². The summed E-state index contributed by atoms with van der Waals surface area (Å²) in [6.45, 7) is 3.84. The van der Waals surface area contributed by atoms with Crippen molar-refractivity contribution in [2.75, 3.05) is 6.61 Å². The molecule has 2 atom stereocenters. The molecule has 12 heteroatoms. The summed E-state index contributed by atoms with van der Waals surface area (Å²) in [5.74, 6) is -3.11. The Balaban J connectivity index is 1.40. The fourth-order valence-electron chi connectivity index (χ4n) is 4.91. The summed E-state index contributed by atoms with van der Waals surface area (Å²) in [6.07, 6.45) is 11.0. The Morgan fingerprint density at radius 2 is 1.77 bits per heavy atom. The van der Waals surface area contributed by atoms with E-state index in [1.54, 1.807) is 30.4 Å². The van der Waals surface area contributed by atoms with E-state index in [2.05, 4.69) is 0 Å². The van der Waals surface area contributed by atoms with E-state index in [1.165, 1.54) is 43.1 Å². The number of fused-ring (bicyclic) bond motifs is 1. The highest BCUT2D eigenvalue weighted by molar-refractivity contribution is 8.00. The van der Waals surface area contributed by atoms with E-state index in [0.29, 0.717) is 29.2 Å². The lowest BCUT2D eigenvalue weighted by atomic mass is 10.0. The van der Waals surface area contributed by atoms with Crippen molar-refractivity contribution in [3.05, 3.63) is 111 Å². The van der Waals surface area contributed by atoms with Crippen molar-refractivity contribution in [1.82, 2.24) is 0 Å². The molecule has 0 fully saturated rings. The van der Waals surface area contributed by atoms with Crippen molar-refractivity contribution in [2.24, 2.45) is 0 Å². The van der Waals surface area contributed by atoms with Crippen molar-refractivity contribution >= 4 is 40.5 Å². The zero-order valence-electron chi connectivity index (χ0n) is 26.4. The molecule has 2 aromatic carbocycles. The number of unbranched alkanes of at least 4 members (excludes halogenated alkanes) is 2. The maximum Gasteiger partial charge on any atom is 0.371 e. The number of thioether (sulfide) groups is 1. The van der Waals surface area contributed by atoms with Crippen LogP contribution in [-0.2, 0) is 6.42 Å². The summed E-state index contributed by atoms with van der Waals surface area (Å²) < 4.78 is 16.4. The molecule has 252 valence electrons. The average Bonchev–Trinajstić information content (AvgIpc) is 3.55. The largest absolute Gasteiger partial charge is 0.507 e. The maximum atomic E-state index is 12.3. The van der Waals surface area contributed by atoms with Gasteiger partial charge in [-0.05, 0) is 69.0 Å². The number of Topliss-reactive ketones (excluding diaryl/α,β-unsaturated/α-hetero) is 1. The fourth-order valence-corrected chi connectivity index (χ4v) is 6.00. The molecule has 0 aliphatic rings. The number of carbonyl (C=O) groups excluding carboxylic acids is 1. The highest BCUT2D eigenvalue weighted by Crippen LogP contribution is 2.36. The van der Waals surface area contributed by atoms with Gasteiger partial charge in [-0.1, -0.05) is 37.6 Å². The fraction of sp³-hybridized carbons (Fsp3) is 0.278. The Morgan fingerprint density at radius 1 is 1.00 bits per heavy atom. The minimum absolute atomic E-state index is 0.0206. The lowest BCUT2D eigenvalue weighted by Crippen LogP contribution is -2.12. The van der Waals surface area contributed by atoms with Gasteiger partial charge < -0.3 is 34.0 Å². The normalized spacial score (nSPS) is 12.9. The van der Waals surface area contributed by atoms with Crippen molar-refractivity contribution in [2.45, 2.75) is 62.2 Å². The maximum absolute atomic E-state index is 12.3. The quantitative estimate of drug-likeness (QED) is 0.0382. The van der Waals surface area contributed by atoms with Gasteiger partial charge in [0.25, 0.3) is 0 Å². The third kappa shape index (κ3) is 9.05. The first-order valence-electron chi connectivity index (χ1n) is 15.3. The molecule has 0 saturated heterocycles. The SMILES string of the molecule is CCCc1c(OCCCC/C=C\C=C\[C@H](Sc2ccc3c(=O)cc(C(=O)O)oc3c2)[C@H](O)c2coc(C(=O)O)c2)ccc(C(C)=O)c1O. The molecule has 0 amide bonds. The molecule has 2 heterocycles. The number of carbonyl (C=O) groups is 3. The number of ketones is 1. The minimum Gasteiger partial charge on any atom is -0.507 e. The molecule has 48 heavy (non-hydrogen) atoms. The van der Waals surface area contributed by atoms with Gasteiger partial charge in [0.1, 0.15) is 17.1 Å². The number of allylic oxidation sites excluding steroid dienone is 3. The van der Waals surface area contributed by atoms with Crippen LogP contribution < -0.4 is 10.2 Å². The second-order valence-electron chi connectivity index (χ2n) is 10.9. The molecular weight excluding hydrogens is 640 g/mol. The predicted octanol–water partition coefficient (Wildman–Crippen LogP) is 7.20. The lowest BCUT2D eigenvalue weighted by Gasteiger charge is -2.18. The molecule has 2 aromatic heterocycles. The standard InChI is InChI=1S/C36H36O11S/c1-3-10-26-28(15-14-24(21(2)37)34(26)40)45-16-9-7-5-4-6-8-11-32(33(39)22-17-30(35(41)42)46-20-22)48-23-12-13-25-27(38)19-31(36(43)44)47-29(25)18-23/h4,6,8,11-15,17-20,32-33,39-40H,3,5,7,9-10,16H2,1-2H3,(H,41,42)(H,43,44)/b6-4-,11-8+/t32-,33+/m0/s1. The highest BCUT2D eigenvalue weighted by atomic mass is 32.2. The van der Waals surface area contributed by atoms with Crippen molar-refractivity contribution in [1.29, 1.82) is 0 Å². The molecular formula is C36H36O11S. The van der Waals surface area contributed by atoms with E-state index in [1.807, 2.05) is 19.1 Å². The van der Waals surface area contributed by atoms with E-state index in [4.69, 9.17) is 13.6 Å². The molecule has 4 N–H and O–H groups in total. The number of phenols is 1. The van der Waals surface area contributed by atoms with Crippen LogP contribution in [0.15, 0.2) is 91.6 Å². The molecule has 0 bridgehead atoms. The van der Waals surface area contributed by atoms with Crippen molar-refractivity contribution < 1.29 is 48.4 Å². The van der Waals surface area contributed by atoms with E-state index in [-0.39, 0.29) is 39.4 Å². The number of phenolic OH excluding ortho intramolecular Hbond substituents is 1. The van der Waals surface area contributed by atoms with Crippen LogP contribution in [0.4, 0.5) is 0 Å². The van der Waals surface area contributed by atoms with Gasteiger partial charge in [0.05, 0.1) is 35.2 Å². The minimum atomic E-state index is -1.38. The third-order valence-corrected chi connectivity index (χ3v) is 8.57. The topological polar surface area (TPSA) is 185 Å². The molecule has 4 aromatic rings. The second kappa shape index (κ2) is 16.7. The number of ether oxygens (including phenoxy) is 1. The number of carboxylic acids is 2. The summed E-state index contributed by atoms with van der Waals surface area (Å²) in [4.78, 5) is 47.4. The number of furan rings is 1. The Hall–Kier alpha value is -5.07. The van der Waals surface area contributed by atoms with Gasteiger partial charge in [0.15, 0.2) is 11.2 Å². The number of aliphatic hydroxyl groups excluding tert-OH is 1. The van der Waals surface area contributed by atoms with E-state index >= 15 is 0 Å². The molecule has 0 spiro atoms. The van der Waals surface area contributed by atoms with E-state index in [9.17, 15) is 39.6 Å². The molecule has 4 rings (SSSR count). The number of hydrogen-bond donors (Lipinski definition) is 4. The second-order valence-corrected chi connectivity index (χ2v) is 12.2. The van der Waals surface area contributed by atoms with E-state index < -0.39 is 34.5 Å². The summed E-state index contributed by atoms with van der Waals surface area (Å²) >= 11 is 1.20. The van der Waals surface area contributed by atoms with Gasteiger partial charge in [0, 0.05) is 22.1 Å².